The summed E-state index contributed by atoms with van der Waals surface area (Å²) in [6.45, 7) is 5.18. The first kappa shape index (κ1) is 12.7. The van der Waals surface area contributed by atoms with Gasteiger partial charge < -0.3 is 11.1 Å². The molecular formula is C13H20N2O. The van der Waals surface area contributed by atoms with Crippen LogP contribution in [0.2, 0.25) is 0 Å². The second-order valence-corrected chi connectivity index (χ2v) is 4.34. The number of carbonyl (C=O) groups excluding carboxylic acids is 1. The summed E-state index contributed by atoms with van der Waals surface area (Å²) in [7, 11) is 0. The van der Waals surface area contributed by atoms with Gasteiger partial charge in [-0.05, 0) is 11.5 Å². The highest BCUT2D eigenvalue weighted by atomic mass is 16.1. The highest BCUT2D eigenvalue weighted by molar-refractivity contribution is 5.83. The van der Waals surface area contributed by atoms with E-state index in [0.29, 0.717) is 19.0 Å². The van der Waals surface area contributed by atoms with Crippen LogP contribution in [0.1, 0.15) is 25.3 Å². The number of nitrogens with one attached hydrogen (secondary N) is 1. The highest BCUT2D eigenvalue weighted by Crippen LogP contribution is 2.14. The van der Waals surface area contributed by atoms with Crippen molar-refractivity contribution in [3.05, 3.63) is 35.9 Å². The lowest BCUT2D eigenvalue weighted by atomic mass is 9.98. The first-order valence-corrected chi connectivity index (χ1v) is 5.68. The molecule has 0 saturated heterocycles. The summed E-state index contributed by atoms with van der Waals surface area (Å²) >= 11 is 0. The van der Waals surface area contributed by atoms with E-state index in [1.165, 1.54) is 0 Å². The second kappa shape index (κ2) is 6.28. The fourth-order valence-corrected chi connectivity index (χ4v) is 1.51. The summed E-state index contributed by atoms with van der Waals surface area (Å²) in [5, 5.41) is 2.91. The number of hydrogen-bond donors (Lipinski definition) is 2. The van der Waals surface area contributed by atoms with Gasteiger partial charge in [-0.2, -0.15) is 0 Å². The van der Waals surface area contributed by atoms with Crippen molar-refractivity contribution in [2.75, 3.05) is 13.1 Å². The molecule has 16 heavy (non-hydrogen) atoms. The van der Waals surface area contributed by atoms with Crippen molar-refractivity contribution in [3.63, 3.8) is 0 Å². The first-order chi connectivity index (χ1) is 7.65. The molecule has 88 valence electrons. The van der Waals surface area contributed by atoms with E-state index in [0.717, 1.165) is 5.56 Å². The van der Waals surface area contributed by atoms with Crippen LogP contribution in [0.15, 0.2) is 30.3 Å². The van der Waals surface area contributed by atoms with E-state index in [1.807, 2.05) is 30.3 Å². The lowest BCUT2D eigenvalue weighted by Gasteiger charge is -2.16. The number of carbonyl (C=O) groups is 1. The average molecular weight is 220 g/mol. The van der Waals surface area contributed by atoms with Gasteiger partial charge in [0.25, 0.3) is 0 Å². The van der Waals surface area contributed by atoms with Crippen molar-refractivity contribution >= 4 is 5.91 Å². The van der Waals surface area contributed by atoms with E-state index in [9.17, 15) is 4.79 Å². The van der Waals surface area contributed by atoms with Crippen LogP contribution in [0.25, 0.3) is 0 Å². The quantitative estimate of drug-likeness (QED) is 0.790. The number of amides is 1. The van der Waals surface area contributed by atoms with E-state index in [2.05, 4.69) is 19.2 Å². The third-order valence-electron chi connectivity index (χ3n) is 2.44. The minimum Gasteiger partial charge on any atom is -0.355 e. The van der Waals surface area contributed by atoms with Gasteiger partial charge in [0.2, 0.25) is 5.91 Å². The number of hydrogen-bond acceptors (Lipinski definition) is 2. The monoisotopic (exact) mass is 220 g/mol. The van der Waals surface area contributed by atoms with Crippen LogP contribution < -0.4 is 11.1 Å². The van der Waals surface area contributed by atoms with Gasteiger partial charge in [0.1, 0.15) is 0 Å². The van der Waals surface area contributed by atoms with Crippen LogP contribution in [-0.4, -0.2) is 19.0 Å². The van der Waals surface area contributed by atoms with Crippen LogP contribution in [-0.2, 0) is 4.79 Å². The Morgan fingerprint density at radius 2 is 1.94 bits per heavy atom. The number of benzene rings is 1. The van der Waals surface area contributed by atoms with Gasteiger partial charge in [0.05, 0.1) is 5.92 Å². The fraction of sp³-hybridized carbons (Fsp3) is 0.462. The molecule has 0 heterocycles. The van der Waals surface area contributed by atoms with E-state index < -0.39 is 0 Å². The number of rotatable bonds is 5. The molecule has 1 aromatic carbocycles. The van der Waals surface area contributed by atoms with E-state index >= 15 is 0 Å². The summed E-state index contributed by atoms with van der Waals surface area (Å²) in [6.07, 6.45) is 0. The molecule has 3 heteroatoms. The molecule has 0 spiro atoms. The average Bonchev–Trinajstić information content (AvgIpc) is 2.29. The molecule has 1 amide bonds. The highest BCUT2D eigenvalue weighted by Gasteiger charge is 2.18. The topological polar surface area (TPSA) is 55.1 Å². The maximum Gasteiger partial charge on any atom is 0.228 e. The Hall–Kier alpha value is -1.35. The van der Waals surface area contributed by atoms with Gasteiger partial charge >= 0.3 is 0 Å². The van der Waals surface area contributed by atoms with Crippen molar-refractivity contribution in [2.45, 2.75) is 19.8 Å². The molecule has 0 aliphatic carbocycles. The maximum atomic E-state index is 11.9. The van der Waals surface area contributed by atoms with Gasteiger partial charge in [0.15, 0.2) is 0 Å². The molecule has 1 rings (SSSR count). The third kappa shape index (κ3) is 3.66. The Labute approximate surface area is 97.0 Å². The summed E-state index contributed by atoms with van der Waals surface area (Å²) < 4.78 is 0. The summed E-state index contributed by atoms with van der Waals surface area (Å²) in [6, 6.07) is 9.66. The Morgan fingerprint density at radius 1 is 1.31 bits per heavy atom. The van der Waals surface area contributed by atoms with Crippen molar-refractivity contribution < 1.29 is 4.79 Å². The predicted octanol–water partition coefficient (Wildman–Crippen LogP) is 1.50. The SMILES string of the molecule is CC(C)CNC(=O)C(CN)c1ccccc1. The molecular weight excluding hydrogens is 200 g/mol. The Balaban J connectivity index is 2.64. The zero-order valence-corrected chi connectivity index (χ0v) is 9.94. The summed E-state index contributed by atoms with van der Waals surface area (Å²) in [5.74, 6) is 0.237. The van der Waals surface area contributed by atoms with Gasteiger partial charge in [-0.15, -0.1) is 0 Å². The van der Waals surface area contributed by atoms with Crippen molar-refractivity contribution in [1.29, 1.82) is 0 Å². The van der Waals surface area contributed by atoms with Gasteiger partial charge in [0, 0.05) is 13.1 Å². The normalized spacial score (nSPS) is 12.5. The van der Waals surface area contributed by atoms with Crippen LogP contribution in [0.4, 0.5) is 0 Å². The van der Waals surface area contributed by atoms with E-state index in [-0.39, 0.29) is 11.8 Å². The van der Waals surface area contributed by atoms with Crippen molar-refractivity contribution in [2.24, 2.45) is 11.7 Å². The molecule has 0 radical (unpaired) electrons. The largest absolute Gasteiger partial charge is 0.355 e. The van der Waals surface area contributed by atoms with Gasteiger partial charge in [-0.1, -0.05) is 44.2 Å². The Kier molecular flexibility index (Phi) is 4.99. The first-order valence-electron chi connectivity index (χ1n) is 5.68. The van der Waals surface area contributed by atoms with Crippen molar-refractivity contribution in [3.8, 4) is 0 Å². The van der Waals surface area contributed by atoms with Gasteiger partial charge in [-0.25, -0.2) is 0 Å². The van der Waals surface area contributed by atoms with E-state index in [1.54, 1.807) is 0 Å². The molecule has 0 aromatic heterocycles. The van der Waals surface area contributed by atoms with Crippen molar-refractivity contribution in [1.82, 2.24) is 5.32 Å². The molecule has 0 aliphatic heterocycles. The van der Waals surface area contributed by atoms with Crippen LogP contribution >= 0.6 is 0 Å². The van der Waals surface area contributed by atoms with Crippen LogP contribution in [0.3, 0.4) is 0 Å². The number of nitrogens with two attached hydrogens (primary N) is 1. The zero-order valence-electron chi connectivity index (χ0n) is 9.94. The smallest absolute Gasteiger partial charge is 0.228 e. The zero-order chi connectivity index (χ0) is 12.0. The Morgan fingerprint density at radius 3 is 2.44 bits per heavy atom. The standard InChI is InChI=1S/C13H20N2O/c1-10(2)9-15-13(16)12(8-14)11-6-4-3-5-7-11/h3-7,10,12H,8-9,14H2,1-2H3,(H,15,16). The molecule has 3 nitrogen and oxygen atoms in total. The van der Waals surface area contributed by atoms with Crippen LogP contribution in [0, 0.1) is 5.92 Å². The molecule has 1 aromatic rings. The minimum atomic E-state index is -0.236. The fourth-order valence-electron chi connectivity index (χ4n) is 1.51. The molecule has 0 fully saturated rings. The molecule has 3 N–H and O–H groups in total. The lowest BCUT2D eigenvalue weighted by molar-refractivity contribution is -0.122. The third-order valence-corrected chi connectivity index (χ3v) is 2.44. The Bertz CT molecular complexity index is 322. The molecule has 0 aliphatic rings. The maximum absolute atomic E-state index is 11.9. The van der Waals surface area contributed by atoms with Crippen LogP contribution in [0.5, 0.6) is 0 Å². The molecule has 1 unspecified atom stereocenters. The van der Waals surface area contributed by atoms with Gasteiger partial charge in [-0.3, -0.25) is 4.79 Å². The summed E-state index contributed by atoms with van der Waals surface area (Å²) in [4.78, 5) is 11.9. The molecule has 0 saturated carbocycles. The predicted molar refractivity (Wildman–Crippen MR) is 66.1 cm³/mol. The lowest BCUT2D eigenvalue weighted by Crippen LogP contribution is -2.35. The van der Waals surface area contributed by atoms with E-state index in [4.69, 9.17) is 5.73 Å². The minimum absolute atomic E-state index is 0.0161. The molecule has 1 atom stereocenters. The molecule has 0 bridgehead atoms. The summed E-state index contributed by atoms with van der Waals surface area (Å²) in [5.41, 5.74) is 6.63. The second-order valence-electron chi connectivity index (χ2n) is 4.34.